The van der Waals surface area contributed by atoms with Crippen LogP contribution in [0, 0.1) is 11.6 Å². The Bertz CT molecular complexity index is 522. The zero-order chi connectivity index (χ0) is 15.6. The topological polar surface area (TPSA) is 47.6 Å². The van der Waals surface area contributed by atoms with Crippen molar-refractivity contribution in [3.63, 3.8) is 0 Å². The number of halogens is 2. The molecule has 0 radical (unpaired) electrons. The molecular formula is C15H19F2NO3. The SMILES string of the molecule is CC(C)(C)NC(=O)OC1CC(Oc2ccc(F)cc2F)C1. The highest BCUT2D eigenvalue weighted by Crippen LogP contribution is 2.30. The summed E-state index contributed by atoms with van der Waals surface area (Å²) in [5.74, 6) is -1.36. The lowest BCUT2D eigenvalue weighted by atomic mass is 9.92. The molecule has 1 N–H and O–H groups in total. The minimum Gasteiger partial charge on any atom is -0.487 e. The Morgan fingerprint density at radius 1 is 1.24 bits per heavy atom. The molecule has 116 valence electrons. The molecule has 1 aliphatic rings. The van der Waals surface area contributed by atoms with Gasteiger partial charge < -0.3 is 14.8 Å². The predicted molar refractivity (Wildman–Crippen MR) is 73.2 cm³/mol. The van der Waals surface area contributed by atoms with Crippen LogP contribution in [0.15, 0.2) is 18.2 Å². The quantitative estimate of drug-likeness (QED) is 0.930. The van der Waals surface area contributed by atoms with Gasteiger partial charge in [0.15, 0.2) is 11.6 Å². The lowest BCUT2D eigenvalue weighted by Crippen LogP contribution is -2.46. The second kappa shape index (κ2) is 5.87. The van der Waals surface area contributed by atoms with E-state index in [0.717, 1.165) is 12.1 Å². The van der Waals surface area contributed by atoms with Crippen molar-refractivity contribution in [1.82, 2.24) is 5.32 Å². The average Bonchev–Trinajstić information content (AvgIpc) is 2.26. The summed E-state index contributed by atoms with van der Waals surface area (Å²) in [7, 11) is 0. The highest BCUT2D eigenvalue weighted by Gasteiger charge is 2.35. The van der Waals surface area contributed by atoms with Crippen LogP contribution in [0.2, 0.25) is 0 Å². The van der Waals surface area contributed by atoms with Crippen molar-refractivity contribution in [2.45, 2.75) is 51.4 Å². The number of rotatable bonds is 3. The van der Waals surface area contributed by atoms with E-state index in [-0.39, 0.29) is 23.5 Å². The van der Waals surface area contributed by atoms with Crippen molar-refractivity contribution in [3.05, 3.63) is 29.8 Å². The fourth-order valence-electron chi connectivity index (χ4n) is 1.95. The van der Waals surface area contributed by atoms with Gasteiger partial charge in [-0.1, -0.05) is 0 Å². The molecule has 0 aliphatic heterocycles. The van der Waals surface area contributed by atoms with E-state index in [4.69, 9.17) is 9.47 Å². The maximum atomic E-state index is 13.4. The Labute approximate surface area is 122 Å². The molecule has 1 fully saturated rings. The van der Waals surface area contributed by atoms with Gasteiger partial charge in [0, 0.05) is 24.4 Å². The average molecular weight is 299 g/mol. The maximum Gasteiger partial charge on any atom is 0.407 e. The number of nitrogens with one attached hydrogen (secondary N) is 1. The van der Waals surface area contributed by atoms with Crippen molar-refractivity contribution in [2.24, 2.45) is 0 Å². The van der Waals surface area contributed by atoms with Gasteiger partial charge in [0.25, 0.3) is 0 Å². The minimum absolute atomic E-state index is 0.0130. The number of hydrogen-bond acceptors (Lipinski definition) is 3. The van der Waals surface area contributed by atoms with E-state index in [0.29, 0.717) is 12.8 Å². The molecule has 0 bridgehead atoms. The fraction of sp³-hybridized carbons (Fsp3) is 0.533. The van der Waals surface area contributed by atoms with Gasteiger partial charge >= 0.3 is 6.09 Å². The van der Waals surface area contributed by atoms with Gasteiger partial charge in [-0.05, 0) is 32.9 Å². The van der Waals surface area contributed by atoms with Gasteiger partial charge in [-0.25, -0.2) is 13.6 Å². The third-order valence-electron chi connectivity index (χ3n) is 2.99. The first-order valence-electron chi connectivity index (χ1n) is 6.83. The molecule has 4 nitrogen and oxygen atoms in total. The van der Waals surface area contributed by atoms with E-state index in [2.05, 4.69) is 5.32 Å². The molecule has 0 unspecified atom stereocenters. The first kappa shape index (κ1) is 15.5. The Hall–Kier alpha value is -1.85. The Balaban J connectivity index is 1.75. The minimum atomic E-state index is -0.732. The summed E-state index contributed by atoms with van der Waals surface area (Å²) in [5.41, 5.74) is -0.353. The van der Waals surface area contributed by atoms with Crippen LogP contribution in [0.5, 0.6) is 5.75 Å². The van der Waals surface area contributed by atoms with Gasteiger partial charge in [0.05, 0.1) is 0 Å². The number of amides is 1. The molecule has 1 amide bonds. The molecular weight excluding hydrogens is 280 g/mol. The number of hydrogen-bond donors (Lipinski definition) is 1. The first-order chi connectivity index (χ1) is 9.73. The van der Waals surface area contributed by atoms with Crippen molar-refractivity contribution in [3.8, 4) is 5.75 Å². The van der Waals surface area contributed by atoms with Crippen LogP contribution in [0.4, 0.5) is 13.6 Å². The van der Waals surface area contributed by atoms with Crippen LogP contribution in [0.25, 0.3) is 0 Å². The normalized spacial score (nSPS) is 21.4. The van der Waals surface area contributed by atoms with Crippen molar-refractivity contribution >= 4 is 6.09 Å². The van der Waals surface area contributed by atoms with E-state index in [1.807, 2.05) is 20.8 Å². The van der Waals surface area contributed by atoms with Gasteiger partial charge in [-0.15, -0.1) is 0 Å². The summed E-state index contributed by atoms with van der Waals surface area (Å²) < 4.78 is 36.8. The Morgan fingerprint density at radius 2 is 1.90 bits per heavy atom. The Kier molecular flexibility index (Phi) is 4.34. The molecule has 0 heterocycles. The third kappa shape index (κ3) is 4.58. The van der Waals surface area contributed by atoms with E-state index >= 15 is 0 Å². The largest absolute Gasteiger partial charge is 0.487 e. The van der Waals surface area contributed by atoms with Crippen LogP contribution in [0.1, 0.15) is 33.6 Å². The zero-order valence-electron chi connectivity index (χ0n) is 12.3. The van der Waals surface area contributed by atoms with Gasteiger partial charge in [-0.2, -0.15) is 0 Å². The van der Waals surface area contributed by atoms with E-state index in [9.17, 15) is 13.6 Å². The number of alkyl carbamates (subject to hydrolysis) is 1. The lowest BCUT2D eigenvalue weighted by molar-refractivity contribution is -0.0257. The number of carbonyl (C=O) groups excluding carboxylic acids is 1. The molecule has 1 aliphatic carbocycles. The standard InChI is InChI=1S/C15H19F2NO3/c1-15(2,3)18-14(19)21-11-7-10(8-11)20-13-5-4-9(16)6-12(13)17/h4-6,10-11H,7-8H2,1-3H3,(H,18,19). The summed E-state index contributed by atoms with van der Waals surface area (Å²) in [6, 6.07) is 3.17. The zero-order valence-corrected chi connectivity index (χ0v) is 12.3. The number of benzene rings is 1. The molecule has 6 heteroatoms. The molecule has 1 aromatic rings. The van der Waals surface area contributed by atoms with Crippen LogP contribution in [0.3, 0.4) is 0 Å². The summed E-state index contributed by atoms with van der Waals surface area (Å²) >= 11 is 0. The van der Waals surface area contributed by atoms with E-state index in [1.54, 1.807) is 0 Å². The smallest absolute Gasteiger partial charge is 0.407 e. The monoisotopic (exact) mass is 299 g/mol. The van der Waals surface area contributed by atoms with Crippen molar-refractivity contribution in [2.75, 3.05) is 0 Å². The molecule has 0 saturated heterocycles. The molecule has 1 aromatic carbocycles. The molecule has 0 atom stereocenters. The van der Waals surface area contributed by atoms with Gasteiger partial charge in [0.1, 0.15) is 18.0 Å². The molecule has 21 heavy (non-hydrogen) atoms. The molecule has 1 saturated carbocycles. The summed E-state index contributed by atoms with van der Waals surface area (Å²) in [6.45, 7) is 5.58. The highest BCUT2D eigenvalue weighted by molar-refractivity contribution is 5.68. The third-order valence-corrected chi connectivity index (χ3v) is 2.99. The Morgan fingerprint density at radius 3 is 2.48 bits per heavy atom. The van der Waals surface area contributed by atoms with Crippen LogP contribution in [-0.2, 0) is 4.74 Å². The predicted octanol–water partition coefficient (Wildman–Crippen LogP) is 3.40. The number of carbonyl (C=O) groups is 1. The van der Waals surface area contributed by atoms with Gasteiger partial charge in [0.2, 0.25) is 0 Å². The first-order valence-corrected chi connectivity index (χ1v) is 6.83. The van der Waals surface area contributed by atoms with Crippen molar-refractivity contribution in [1.29, 1.82) is 0 Å². The number of ether oxygens (including phenoxy) is 2. The van der Waals surface area contributed by atoms with Crippen LogP contribution >= 0.6 is 0 Å². The van der Waals surface area contributed by atoms with E-state index in [1.165, 1.54) is 6.07 Å². The molecule has 0 spiro atoms. The second-order valence-corrected chi connectivity index (χ2v) is 6.19. The molecule has 0 aromatic heterocycles. The molecule has 2 rings (SSSR count). The fourth-order valence-corrected chi connectivity index (χ4v) is 1.95. The van der Waals surface area contributed by atoms with Crippen molar-refractivity contribution < 1.29 is 23.0 Å². The van der Waals surface area contributed by atoms with E-state index < -0.39 is 17.7 Å². The van der Waals surface area contributed by atoms with Crippen LogP contribution in [-0.4, -0.2) is 23.8 Å². The maximum absolute atomic E-state index is 13.4. The summed E-state index contributed by atoms with van der Waals surface area (Å²) in [6.07, 6.45) is 0.0557. The summed E-state index contributed by atoms with van der Waals surface area (Å²) in [4.78, 5) is 11.5. The second-order valence-electron chi connectivity index (χ2n) is 6.19. The lowest BCUT2D eigenvalue weighted by Gasteiger charge is -2.35. The van der Waals surface area contributed by atoms with Gasteiger partial charge in [-0.3, -0.25) is 0 Å². The highest BCUT2D eigenvalue weighted by atomic mass is 19.1. The summed E-state index contributed by atoms with van der Waals surface area (Å²) in [5, 5.41) is 2.69. The van der Waals surface area contributed by atoms with Crippen LogP contribution < -0.4 is 10.1 Å².